The normalized spacial score (nSPS) is 19.2. The van der Waals surface area contributed by atoms with Crippen molar-refractivity contribution in [3.05, 3.63) is 35.2 Å². The van der Waals surface area contributed by atoms with Gasteiger partial charge in [0.1, 0.15) is 11.5 Å². The highest BCUT2D eigenvalue weighted by Crippen LogP contribution is 2.40. The van der Waals surface area contributed by atoms with E-state index < -0.39 is 0 Å². The Morgan fingerprint density at radius 2 is 1.80 bits per heavy atom. The van der Waals surface area contributed by atoms with E-state index >= 15 is 0 Å². The van der Waals surface area contributed by atoms with Crippen LogP contribution in [-0.2, 0) is 0 Å². The number of hydrogen-bond acceptors (Lipinski definition) is 3. The van der Waals surface area contributed by atoms with Gasteiger partial charge in [-0.3, -0.25) is 0 Å². The number of methoxy groups -OCH3 is 2. The zero-order valence-corrected chi connectivity index (χ0v) is 9.71. The molecule has 1 unspecified atom stereocenters. The van der Waals surface area contributed by atoms with Crippen LogP contribution in [-0.4, -0.2) is 14.2 Å². The van der Waals surface area contributed by atoms with Gasteiger partial charge in [-0.05, 0) is 29.5 Å². The maximum absolute atomic E-state index is 5.25. The summed E-state index contributed by atoms with van der Waals surface area (Å²) in [5, 5.41) is 2.66. The molecule has 0 saturated heterocycles. The summed E-state index contributed by atoms with van der Waals surface area (Å²) < 4.78 is 10.5. The van der Waals surface area contributed by atoms with Crippen molar-refractivity contribution in [3.8, 4) is 11.5 Å². The van der Waals surface area contributed by atoms with Crippen LogP contribution in [0, 0.1) is 0 Å². The maximum Gasteiger partial charge on any atom is 0.122 e. The number of benzene rings is 1. The largest absolute Gasteiger partial charge is 0.497 e. The van der Waals surface area contributed by atoms with Crippen LogP contribution in [0.3, 0.4) is 0 Å². The summed E-state index contributed by atoms with van der Waals surface area (Å²) in [7, 11) is 3.36. The molecule has 2 rings (SSSR count). The van der Waals surface area contributed by atoms with Gasteiger partial charge in [-0.2, -0.15) is 0 Å². The third-order valence-electron chi connectivity index (χ3n) is 2.43. The second kappa shape index (κ2) is 4.62. The van der Waals surface area contributed by atoms with Crippen molar-refractivity contribution >= 4 is 11.8 Å². The molecule has 2 nitrogen and oxygen atoms in total. The number of hydrogen-bond donors (Lipinski definition) is 0. The quantitative estimate of drug-likeness (QED) is 0.781. The molecule has 1 aromatic carbocycles. The first-order valence-electron chi connectivity index (χ1n) is 4.87. The minimum atomic E-state index is 0.508. The molecule has 0 aliphatic carbocycles. The molecule has 0 amide bonds. The van der Waals surface area contributed by atoms with Crippen LogP contribution >= 0.6 is 11.8 Å². The molecule has 0 radical (unpaired) electrons. The molecule has 0 fully saturated rings. The van der Waals surface area contributed by atoms with Crippen molar-refractivity contribution in [2.45, 2.75) is 11.7 Å². The van der Waals surface area contributed by atoms with Crippen LogP contribution in [0.1, 0.15) is 17.2 Å². The highest BCUT2D eigenvalue weighted by atomic mass is 32.2. The summed E-state index contributed by atoms with van der Waals surface area (Å²) in [6.45, 7) is 0. The monoisotopic (exact) mass is 222 g/mol. The minimum absolute atomic E-state index is 0.508. The average molecular weight is 222 g/mol. The van der Waals surface area contributed by atoms with Crippen LogP contribution in [0.15, 0.2) is 29.7 Å². The van der Waals surface area contributed by atoms with E-state index in [1.54, 1.807) is 14.2 Å². The number of rotatable bonds is 3. The van der Waals surface area contributed by atoms with Crippen molar-refractivity contribution in [1.29, 1.82) is 0 Å². The molecule has 1 aliphatic heterocycles. The van der Waals surface area contributed by atoms with Crippen molar-refractivity contribution in [2.24, 2.45) is 0 Å². The van der Waals surface area contributed by atoms with Gasteiger partial charge in [0.05, 0.1) is 14.2 Å². The summed E-state index contributed by atoms with van der Waals surface area (Å²) in [6.07, 6.45) is 3.28. The SMILES string of the molecule is COc1cc(OC)cc(C2CC=CS2)c1. The number of ether oxygens (including phenoxy) is 2. The molecule has 1 aromatic rings. The Hall–Kier alpha value is -1.09. The van der Waals surface area contributed by atoms with Gasteiger partial charge in [-0.1, -0.05) is 6.08 Å². The van der Waals surface area contributed by atoms with Crippen LogP contribution in [0.5, 0.6) is 11.5 Å². The number of thioether (sulfide) groups is 1. The van der Waals surface area contributed by atoms with E-state index in [0.29, 0.717) is 5.25 Å². The van der Waals surface area contributed by atoms with Gasteiger partial charge in [0, 0.05) is 11.3 Å². The van der Waals surface area contributed by atoms with E-state index in [-0.39, 0.29) is 0 Å². The fraction of sp³-hybridized carbons (Fsp3) is 0.333. The lowest BCUT2D eigenvalue weighted by Gasteiger charge is -2.12. The summed E-state index contributed by atoms with van der Waals surface area (Å²) in [4.78, 5) is 0. The minimum Gasteiger partial charge on any atom is -0.497 e. The summed E-state index contributed by atoms with van der Waals surface area (Å²) in [6, 6.07) is 6.05. The molecule has 0 N–H and O–H groups in total. The molecule has 15 heavy (non-hydrogen) atoms. The fourth-order valence-electron chi connectivity index (χ4n) is 1.62. The van der Waals surface area contributed by atoms with E-state index in [2.05, 4.69) is 23.6 Å². The molecule has 0 saturated carbocycles. The van der Waals surface area contributed by atoms with E-state index in [4.69, 9.17) is 9.47 Å². The van der Waals surface area contributed by atoms with Gasteiger partial charge >= 0.3 is 0 Å². The first-order chi connectivity index (χ1) is 7.33. The average Bonchev–Trinajstić information content (AvgIpc) is 2.81. The molecule has 0 spiro atoms. The van der Waals surface area contributed by atoms with Crippen LogP contribution in [0.2, 0.25) is 0 Å². The summed E-state index contributed by atoms with van der Waals surface area (Å²) >= 11 is 1.84. The molecular formula is C12H14O2S. The third kappa shape index (κ3) is 2.29. The predicted molar refractivity (Wildman–Crippen MR) is 63.6 cm³/mol. The zero-order valence-electron chi connectivity index (χ0n) is 8.90. The van der Waals surface area contributed by atoms with Gasteiger partial charge in [0.15, 0.2) is 0 Å². The topological polar surface area (TPSA) is 18.5 Å². The fourth-order valence-corrected chi connectivity index (χ4v) is 2.54. The smallest absolute Gasteiger partial charge is 0.122 e. The van der Waals surface area contributed by atoms with E-state index in [1.807, 2.05) is 17.8 Å². The van der Waals surface area contributed by atoms with Gasteiger partial charge < -0.3 is 9.47 Å². The Morgan fingerprint density at radius 3 is 2.27 bits per heavy atom. The standard InChI is InChI=1S/C12H14O2S/c1-13-10-6-9(7-11(8-10)14-2)12-4-3-5-15-12/h3,5-8,12H,4H2,1-2H3. The zero-order chi connectivity index (χ0) is 10.7. The Labute approximate surface area is 94.3 Å². The molecular weight excluding hydrogens is 208 g/mol. The predicted octanol–water partition coefficient (Wildman–Crippen LogP) is 3.40. The lowest BCUT2D eigenvalue weighted by Crippen LogP contribution is -1.93. The summed E-state index contributed by atoms with van der Waals surface area (Å²) in [5.41, 5.74) is 1.27. The Balaban J connectivity index is 2.29. The van der Waals surface area contributed by atoms with Crippen LogP contribution in [0.25, 0.3) is 0 Å². The highest BCUT2D eigenvalue weighted by molar-refractivity contribution is 8.02. The molecule has 1 atom stereocenters. The lowest BCUT2D eigenvalue weighted by molar-refractivity contribution is 0.393. The van der Waals surface area contributed by atoms with Gasteiger partial charge in [-0.15, -0.1) is 11.8 Å². The summed E-state index contributed by atoms with van der Waals surface area (Å²) in [5.74, 6) is 1.72. The third-order valence-corrected chi connectivity index (χ3v) is 3.58. The molecule has 0 bridgehead atoms. The molecule has 1 heterocycles. The molecule has 3 heteroatoms. The van der Waals surface area contributed by atoms with Crippen LogP contribution in [0.4, 0.5) is 0 Å². The van der Waals surface area contributed by atoms with Crippen molar-refractivity contribution in [3.63, 3.8) is 0 Å². The lowest BCUT2D eigenvalue weighted by atomic mass is 10.1. The molecule has 80 valence electrons. The van der Waals surface area contributed by atoms with Crippen LogP contribution < -0.4 is 9.47 Å². The van der Waals surface area contributed by atoms with Crippen molar-refractivity contribution in [1.82, 2.24) is 0 Å². The Morgan fingerprint density at radius 1 is 1.13 bits per heavy atom. The first kappa shape index (κ1) is 10.4. The Kier molecular flexibility index (Phi) is 3.21. The van der Waals surface area contributed by atoms with E-state index in [9.17, 15) is 0 Å². The van der Waals surface area contributed by atoms with Gasteiger partial charge in [-0.25, -0.2) is 0 Å². The second-order valence-electron chi connectivity index (χ2n) is 3.38. The van der Waals surface area contributed by atoms with Gasteiger partial charge in [0.2, 0.25) is 0 Å². The second-order valence-corrected chi connectivity index (χ2v) is 4.49. The van der Waals surface area contributed by atoms with E-state index in [1.165, 1.54) is 5.56 Å². The number of allylic oxidation sites excluding steroid dienone is 1. The maximum atomic E-state index is 5.25. The molecule has 0 aromatic heterocycles. The highest BCUT2D eigenvalue weighted by Gasteiger charge is 2.15. The first-order valence-corrected chi connectivity index (χ1v) is 5.81. The Bertz CT molecular complexity index is 344. The van der Waals surface area contributed by atoms with Gasteiger partial charge in [0.25, 0.3) is 0 Å². The van der Waals surface area contributed by atoms with Crippen molar-refractivity contribution < 1.29 is 9.47 Å². The van der Waals surface area contributed by atoms with E-state index in [0.717, 1.165) is 17.9 Å². The van der Waals surface area contributed by atoms with Crippen molar-refractivity contribution in [2.75, 3.05) is 14.2 Å². The molecule has 1 aliphatic rings.